The molecule has 0 aromatic heterocycles. The third-order valence-corrected chi connectivity index (χ3v) is 15.9. The highest BCUT2D eigenvalue weighted by Gasteiger charge is 2.57. The molecule has 0 spiro atoms. The molecule has 1 saturated carbocycles. The van der Waals surface area contributed by atoms with Crippen LogP contribution < -0.4 is 10.4 Å². The molecule has 5 rings (SSSR count). The van der Waals surface area contributed by atoms with Gasteiger partial charge >= 0.3 is 5.97 Å². The van der Waals surface area contributed by atoms with Crippen LogP contribution in [-0.4, -0.2) is 58.7 Å². The summed E-state index contributed by atoms with van der Waals surface area (Å²) >= 11 is 0. The Labute approximate surface area is 299 Å². The summed E-state index contributed by atoms with van der Waals surface area (Å²) in [6, 6.07) is 27.9. The van der Waals surface area contributed by atoms with Gasteiger partial charge in [-0.05, 0) is 84.0 Å². The Morgan fingerprint density at radius 2 is 1.64 bits per heavy atom. The van der Waals surface area contributed by atoms with E-state index < -0.39 is 13.7 Å². The van der Waals surface area contributed by atoms with Crippen molar-refractivity contribution < 1.29 is 32.9 Å². The fraction of sp³-hybridized carbons (Fsp3) is 0.500. The molecule has 2 fully saturated rings. The van der Waals surface area contributed by atoms with E-state index in [0.717, 1.165) is 31.2 Å². The third-order valence-electron chi connectivity index (χ3n) is 10.9. The van der Waals surface area contributed by atoms with Crippen LogP contribution in [0.1, 0.15) is 77.7 Å². The van der Waals surface area contributed by atoms with E-state index in [0.29, 0.717) is 38.9 Å². The first-order valence-electron chi connectivity index (χ1n) is 18.3. The summed E-state index contributed by atoms with van der Waals surface area (Å²) in [6.07, 6.45) is 9.63. The van der Waals surface area contributed by atoms with E-state index in [9.17, 15) is 14.3 Å². The molecule has 1 aliphatic carbocycles. The second-order valence-electron chi connectivity index (χ2n) is 14.9. The first-order valence-corrected chi connectivity index (χ1v) is 20.2. The molecule has 3 aromatic carbocycles. The Kier molecular flexibility index (Phi) is 13.2. The first-order chi connectivity index (χ1) is 24.1. The van der Waals surface area contributed by atoms with Crippen molar-refractivity contribution in [3.63, 3.8) is 0 Å². The van der Waals surface area contributed by atoms with E-state index in [1.54, 1.807) is 0 Å². The maximum absolute atomic E-state index is 14.3. The van der Waals surface area contributed by atoms with Crippen LogP contribution in [0.3, 0.4) is 0 Å². The maximum atomic E-state index is 14.3. The smallest absolute Gasteiger partial charge is 0.305 e. The van der Waals surface area contributed by atoms with Gasteiger partial charge in [0.1, 0.15) is 5.82 Å². The summed E-state index contributed by atoms with van der Waals surface area (Å²) in [7, 11) is -1.48. The van der Waals surface area contributed by atoms with Crippen molar-refractivity contribution in [2.24, 2.45) is 11.8 Å². The van der Waals surface area contributed by atoms with Gasteiger partial charge < -0.3 is 23.7 Å². The van der Waals surface area contributed by atoms with Gasteiger partial charge in [0.2, 0.25) is 0 Å². The molecule has 1 aliphatic heterocycles. The van der Waals surface area contributed by atoms with Crippen LogP contribution >= 0.6 is 0 Å². The Bertz CT molecular complexity index is 1460. The van der Waals surface area contributed by atoms with Crippen LogP contribution in [0, 0.1) is 17.7 Å². The fourth-order valence-electron chi connectivity index (χ4n) is 8.31. The number of hydrogen-bond donors (Lipinski definition) is 1. The Hall–Kier alpha value is -3.14. The average Bonchev–Trinajstić information content (AvgIpc) is 3.43. The zero-order valence-electron chi connectivity index (χ0n) is 30.2. The quantitative estimate of drug-likeness (QED) is 0.0767. The van der Waals surface area contributed by atoms with E-state index >= 15 is 0 Å². The van der Waals surface area contributed by atoms with E-state index in [1.165, 1.54) is 29.6 Å². The molecule has 1 saturated heterocycles. The minimum Gasteiger partial charge on any atom is -0.469 e. The number of esters is 1. The number of unbranched alkanes of at least 4 members (excludes halogenated alkanes) is 1. The largest absolute Gasteiger partial charge is 0.469 e. The molecule has 2 aliphatic rings. The normalized spacial score (nSPS) is 24.4. The molecule has 3 aromatic rings. The van der Waals surface area contributed by atoms with Gasteiger partial charge in [-0.2, -0.15) is 0 Å². The van der Waals surface area contributed by atoms with Crippen LogP contribution in [0.15, 0.2) is 97.1 Å². The number of methoxy groups -OCH3 is 1. The molecule has 1 heterocycles. The summed E-state index contributed by atoms with van der Waals surface area (Å²) in [4.78, 5) is 11.7. The topological polar surface area (TPSA) is 74.2 Å². The van der Waals surface area contributed by atoms with Crippen LogP contribution in [0.5, 0.6) is 0 Å². The number of hydrogen-bond acceptors (Lipinski definition) is 6. The predicted octanol–water partition coefficient (Wildman–Crippen LogP) is 7.47. The number of carbonyl (C=O) groups excluding carboxylic acids is 1. The highest BCUT2D eigenvalue weighted by molar-refractivity contribution is 6.99. The second-order valence-corrected chi connectivity index (χ2v) is 19.2. The summed E-state index contributed by atoms with van der Waals surface area (Å²) in [5.41, 5.74) is 0.208. The lowest BCUT2D eigenvalue weighted by atomic mass is 9.69. The standard InChI is InChI=1S/C42H55FO6Si/c1-41(2,3)50(34-17-9-7-10-18-34,35-19-11-8-12-20-35)48-30-36-37(21-13-5-6-14-22-39(45)46-4)42(31-44,32-24-26-33(43)27-25-32)29-38(36)49-40-23-15-16-28-47-40/h5,7-13,17-20,24-27,36-38,40,44H,6,14-16,21-23,28-31H2,1-4H3/b13-5-/t36-,37-,38-,40?,42-/m1/s1. The number of halogens is 1. The highest BCUT2D eigenvalue weighted by atomic mass is 28.4. The molecule has 1 N–H and O–H groups in total. The van der Waals surface area contributed by atoms with E-state index in [4.69, 9.17) is 18.6 Å². The van der Waals surface area contributed by atoms with Crippen molar-refractivity contribution in [1.29, 1.82) is 0 Å². The van der Waals surface area contributed by atoms with Crippen LogP contribution in [0.4, 0.5) is 4.39 Å². The second kappa shape index (κ2) is 17.4. The number of benzene rings is 3. The number of carbonyl (C=O) groups is 1. The van der Waals surface area contributed by atoms with E-state index in [1.807, 2.05) is 24.3 Å². The first kappa shape index (κ1) is 38.1. The lowest BCUT2D eigenvalue weighted by Crippen LogP contribution is -2.67. The molecule has 1 unspecified atom stereocenters. The van der Waals surface area contributed by atoms with Gasteiger partial charge in [0.05, 0.1) is 19.8 Å². The van der Waals surface area contributed by atoms with Crippen molar-refractivity contribution in [1.82, 2.24) is 0 Å². The Morgan fingerprint density at radius 3 is 2.20 bits per heavy atom. The third kappa shape index (κ3) is 8.48. The monoisotopic (exact) mass is 702 g/mol. The van der Waals surface area contributed by atoms with Crippen molar-refractivity contribution >= 4 is 24.7 Å². The molecule has 8 heteroatoms. The summed E-state index contributed by atoms with van der Waals surface area (Å²) in [5.74, 6) is -0.701. The predicted molar refractivity (Wildman–Crippen MR) is 198 cm³/mol. The summed E-state index contributed by atoms with van der Waals surface area (Å²) < 4.78 is 39.7. The van der Waals surface area contributed by atoms with E-state index in [2.05, 4.69) is 81.5 Å². The summed E-state index contributed by atoms with van der Waals surface area (Å²) in [6.45, 7) is 7.82. The van der Waals surface area contributed by atoms with Crippen LogP contribution in [0.25, 0.3) is 0 Å². The number of aliphatic hydroxyl groups is 1. The fourth-order valence-corrected chi connectivity index (χ4v) is 12.9. The summed E-state index contributed by atoms with van der Waals surface area (Å²) in [5, 5.41) is 13.6. The van der Waals surface area contributed by atoms with Crippen molar-refractivity contribution in [2.45, 2.75) is 95.0 Å². The van der Waals surface area contributed by atoms with Gasteiger partial charge in [0.25, 0.3) is 8.32 Å². The molecule has 270 valence electrons. The van der Waals surface area contributed by atoms with Gasteiger partial charge in [-0.25, -0.2) is 4.39 Å². The van der Waals surface area contributed by atoms with Crippen molar-refractivity contribution in [3.8, 4) is 0 Å². The van der Waals surface area contributed by atoms with Crippen LogP contribution in [-0.2, 0) is 28.8 Å². The number of allylic oxidation sites excluding steroid dienone is 2. The van der Waals surface area contributed by atoms with Gasteiger partial charge in [-0.15, -0.1) is 0 Å². The van der Waals surface area contributed by atoms with Crippen molar-refractivity contribution in [3.05, 3.63) is 108 Å². The lowest BCUT2D eigenvalue weighted by molar-refractivity contribution is -0.197. The van der Waals surface area contributed by atoms with Gasteiger partial charge in [0.15, 0.2) is 6.29 Å². The van der Waals surface area contributed by atoms with Gasteiger partial charge in [0, 0.05) is 31.0 Å². The number of aliphatic hydroxyl groups excluding tert-OH is 1. The molecule has 0 amide bonds. The molecule has 50 heavy (non-hydrogen) atoms. The molecular weight excluding hydrogens is 648 g/mol. The average molecular weight is 703 g/mol. The number of rotatable bonds is 15. The minimum atomic E-state index is -2.90. The van der Waals surface area contributed by atoms with Gasteiger partial charge in [-0.1, -0.05) is 106 Å². The highest BCUT2D eigenvalue weighted by Crippen LogP contribution is 2.53. The van der Waals surface area contributed by atoms with Gasteiger partial charge in [-0.3, -0.25) is 4.79 Å². The van der Waals surface area contributed by atoms with Crippen molar-refractivity contribution in [2.75, 3.05) is 26.9 Å². The zero-order valence-corrected chi connectivity index (χ0v) is 31.2. The molecule has 5 atom stereocenters. The molecule has 0 radical (unpaired) electrons. The Balaban J connectivity index is 1.56. The minimum absolute atomic E-state index is 0.0818. The van der Waals surface area contributed by atoms with E-state index in [-0.39, 0.29) is 47.7 Å². The SMILES string of the molecule is COC(=O)CCC/C=C\C[C@@H]1[C@@H](CO[Si](c2ccccc2)(c2ccccc2)C(C)(C)C)[C@H](OC2CCCCO2)C[C@@]1(CO)c1ccc(F)cc1. The maximum Gasteiger partial charge on any atom is 0.305 e. The lowest BCUT2D eigenvalue weighted by Gasteiger charge is -2.44. The van der Waals surface area contributed by atoms with Crippen LogP contribution in [0.2, 0.25) is 5.04 Å². The number of ether oxygens (including phenoxy) is 3. The molecule has 0 bridgehead atoms. The Morgan fingerprint density at radius 1 is 0.980 bits per heavy atom. The molecule has 6 nitrogen and oxygen atoms in total. The zero-order chi connectivity index (χ0) is 35.6. The molecular formula is C42H55FO6Si.